The number of hydrogen-bond donors (Lipinski definition) is 4. The van der Waals surface area contributed by atoms with E-state index in [0.29, 0.717) is 0 Å². The van der Waals surface area contributed by atoms with Gasteiger partial charge in [-0.25, -0.2) is 0 Å². The molecule has 0 saturated carbocycles. The van der Waals surface area contributed by atoms with E-state index in [1.807, 2.05) is 14.1 Å². The normalized spacial score (nSPS) is 11.0. The first-order chi connectivity index (χ1) is 5.95. The third kappa shape index (κ3) is 13.8. The van der Waals surface area contributed by atoms with Gasteiger partial charge in [-0.2, -0.15) is 0 Å². The number of carboxylic acid groups (broad SMARTS) is 2. The van der Waals surface area contributed by atoms with E-state index in [4.69, 9.17) is 15.9 Å². The summed E-state index contributed by atoms with van der Waals surface area (Å²) in [7, 11) is 3.75. The van der Waals surface area contributed by atoms with Crippen LogP contribution < -0.4 is 11.1 Å². The average molecular weight is 192 g/mol. The van der Waals surface area contributed by atoms with Gasteiger partial charge in [0, 0.05) is 6.42 Å². The van der Waals surface area contributed by atoms with E-state index < -0.39 is 18.0 Å². The Bertz CT molecular complexity index is 161. The zero-order chi connectivity index (χ0) is 10.9. The molecule has 0 bridgehead atoms. The molecular weight excluding hydrogens is 176 g/mol. The summed E-state index contributed by atoms with van der Waals surface area (Å²) in [6.45, 7) is 0. The molecule has 0 aliphatic rings. The lowest BCUT2D eigenvalue weighted by molar-refractivity contribution is -0.139. The summed E-state index contributed by atoms with van der Waals surface area (Å²) in [5, 5.41) is 19.0. The number of carboxylic acids is 2. The van der Waals surface area contributed by atoms with Gasteiger partial charge in [0.15, 0.2) is 0 Å². The molecule has 0 aromatic heterocycles. The van der Waals surface area contributed by atoms with Crippen LogP contribution in [0.15, 0.2) is 0 Å². The maximum absolute atomic E-state index is 9.99. The molecule has 0 aliphatic heterocycles. The molecule has 0 radical (unpaired) electrons. The van der Waals surface area contributed by atoms with E-state index in [0.717, 1.165) is 0 Å². The predicted molar refractivity (Wildman–Crippen MR) is 47.5 cm³/mol. The third-order valence-electron chi connectivity index (χ3n) is 0.986. The van der Waals surface area contributed by atoms with E-state index in [9.17, 15) is 9.59 Å². The molecule has 1 atom stereocenters. The summed E-state index contributed by atoms with van der Waals surface area (Å²) < 4.78 is 0. The first kappa shape index (κ1) is 14.4. The highest BCUT2D eigenvalue weighted by Gasteiger charge is 2.12. The highest BCUT2D eigenvalue weighted by molar-refractivity contribution is 5.74. The summed E-state index contributed by atoms with van der Waals surface area (Å²) in [6.07, 6.45) is -0.224. The van der Waals surface area contributed by atoms with Crippen LogP contribution >= 0.6 is 0 Å². The fourth-order valence-corrected chi connectivity index (χ4v) is 0.402. The molecule has 0 amide bonds. The molecule has 0 aromatic rings. The fourth-order valence-electron chi connectivity index (χ4n) is 0.402. The fraction of sp³-hybridized carbons (Fsp3) is 0.714. The molecule has 0 saturated heterocycles. The standard InChI is InChI=1S/C5H9NO4.C2H7N/c6-3(5(9)10)1-2-4(7)8;1-3-2/h3H,1-2,6H2,(H,7,8)(H,9,10);3H,1-2H3. The van der Waals surface area contributed by atoms with Crippen LogP contribution in [0, 0.1) is 0 Å². The van der Waals surface area contributed by atoms with E-state index >= 15 is 0 Å². The monoisotopic (exact) mass is 192 g/mol. The minimum absolute atomic E-state index is 0.0231. The number of nitrogens with two attached hydrogens (primary N) is 1. The van der Waals surface area contributed by atoms with Gasteiger partial charge in [-0.15, -0.1) is 0 Å². The number of carbonyl (C=O) groups is 2. The van der Waals surface area contributed by atoms with Gasteiger partial charge in [0.05, 0.1) is 0 Å². The molecule has 0 aromatic carbocycles. The number of nitrogens with one attached hydrogen (secondary N) is 1. The molecule has 6 nitrogen and oxygen atoms in total. The molecule has 78 valence electrons. The second-order valence-electron chi connectivity index (χ2n) is 2.38. The van der Waals surface area contributed by atoms with E-state index in [1.54, 1.807) is 0 Å². The Morgan fingerprint density at radius 2 is 1.77 bits per heavy atom. The molecule has 5 N–H and O–H groups in total. The largest absolute Gasteiger partial charge is 0.481 e. The first-order valence-electron chi connectivity index (χ1n) is 3.74. The Hall–Kier alpha value is -1.14. The lowest BCUT2D eigenvalue weighted by Gasteiger charge is -2.01. The maximum atomic E-state index is 9.99. The van der Waals surface area contributed by atoms with Crippen LogP contribution in [0.3, 0.4) is 0 Å². The van der Waals surface area contributed by atoms with Crippen molar-refractivity contribution < 1.29 is 19.8 Å². The molecule has 1 unspecified atom stereocenters. The average Bonchev–Trinajstić information content (AvgIpc) is 2.01. The summed E-state index contributed by atoms with van der Waals surface area (Å²) in [5.41, 5.74) is 5.00. The smallest absolute Gasteiger partial charge is 0.320 e. The molecule has 0 spiro atoms. The summed E-state index contributed by atoms with van der Waals surface area (Å²) in [6, 6.07) is -1.06. The van der Waals surface area contributed by atoms with Crippen molar-refractivity contribution in [3.8, 4) is 0 Å². The molecule has 0 heterocycles. The van der Waals surface area contributed by atoms with Crippen LogP contribution in [0.2, 0.25) is 0 Å². The Kier molecular flexibility index (Phi) is 9.91. The molecule has 13 heavy (non-hydrogen) atoms. The van der Waals surface area contributed by atoms with Gasteiger partial charge in [-0.1, -0.05) is 0 Å². The lowest BCUT2D eigenvalue weighted by Crippen LogP contribution is -2.30. The van der Waals surface area contributed by atoms with Gasteiger partial charge >= 0.3 is 11.9 Å². The first-order valence-corrected chi connectivity index (χ1v) is 3.74. The summed E-state index contributed by atoms with van der Waals surface area (Å²) >= 11 is 0. The lowest BCUT2D eigenvalue weighted by atomic mass is 10.2. The van der Waals surface area contributed by atoms with Crippen LogP contribution in [0.5, 0.6) is 0 Å². The second kappa shape index (κ2) is 8.95. The number of rotatable bonds is 4. The van der Waals surface area contributed by atoms with Crippen molar-refractivity contribution in [3.05, 3.63) is 0 Å². The van der Waals surface area contributed by atoms with Crippen LogP contribution in [-0.2, 0) is 9.59 Å². The molecule has 0 fully saturated rings. The van der Waals surface area contributed by atoms with Crippen LogP contribution in [0.4, 0.5) is 0 Å². The molecular formula is C7H16N2O4. The zero-order valence-corrected chi connectivity index (χ0v) is 7.78. The maximum Gasteiger partial charge on any atom is 0.320 e. The molecule has 0 aliphatic carbocycles. The zero-order valence-electron chi connectivity index (χ0n) is 7.78. The Morgan fingerprint density at radius 1 is 1.38 bits per heavy atom. The van der Waals surface area contributed by atoms with Crippen LogP contribution in [-0.4, -0.2) is 42.3 Å². The van der Waals surface area contributed by atoms with E-state index in [2.05, 4.69) is 5.32 Å². The predicted octanol–water partition coefficient (Wildman–Crippen LogP) is -0.901. The van der Waals surface area contributed by atoms with Crippen molar-refractivity contribution in [2.75, 3.05) is 14.1 Å². The van der Waals surface area contributed by atoms with Gasteiger partial charge < -0.3 is 21.3 Å². The van der Waals surface area contributed by atoms with Crippen LogP contribution in [0.1, 0.15) is 12.8 Å². The highest BCUT2D eigenvalue weighted by atomic mass is 16.4. The number of hydrogen-bond acceptors (Lipinski definition) is 4. The quantitative estimate of drug-likeness (QED) is 0.459. The van der Waals surface area contributed by atoms with Crippen molar-refractivity contribution >= 4 is 11.9 Å². The summed E-state index contributed by atoms with van der Waals surface area (Å²) in [4.78, 5) is 19.9. The summed E-state index contributed by atoms with van der Waals surface area (Å²) in [5.74, 6) is -2.20. The van der Waals surface area contributed by atoms with Crippen LogP contribution in [0.25, 0.3) is 0 Å². The van der Waals surface area contributed by atoms with Gasteiger partial charge in [0.2, 0.25) is 0 Å². The van der Waals surface area contributed by atoms with E-state index in [-0.39, 0.29) is 12.8 Å². The third-order valence-corrected chi connectivity index (χ3v) is 0.986. The van der Waals surface area contributed by atoms with Crippen molar-refractivity contribution in [3.63, 3.8) is 0 Å². The molecule has 0 rings (SSSR count). The Labute approximate surface area is 76.7 Å². The van der Waals surface area contributed by atoms with Crippen molar-refractivity contribution in [1.29, 1.82) is 0 Å². The van der Waals surface area contributed by atoms with Crippen molar-refractivity contribution in [1.82, 2.24) is 5.32 Å². The number of aliphatic carboxylic acids is 2. The van der Waals surface area contributed by atoms with Gasteiger partial charge in [-0.05, 0) is 20.5 Å². The van der Waals surface area contributed by atoms with Gasteiger partial charge in [0.1, 0.15) is 6.04 Å². The Balaban J connectivity index is 0. The topological polar surface area (TPSA) is 113 Å². The van der Waals surface area contributed by atoms with Crippen molar-refractivity contribution in [2.45, 2.75) is 18.9 Å². The highest BCUT2D eigenvalue weighted by Crippen LogP contribution is 1.93. The van der Waals surface area contributed by atoms with Gasteiger partial charge in [-0.3, -0.25) is 9.59 Å². The SMILES string of the molecule is CNC.NC(CCC(=O)O)C(=O)O. The van der Waals surface area contributed by atoms with Gasteiger partial charge in [0.25, 0.3) is 0 Å². The second-order valence-corrected chi connectivity index (χ2v) is 2.38. The minimum atomic E-state index is -1.17. The Morgan fingerprint density at radius 3 is 2.00 bits per heavy atom. The van der Waals surface area contributed by atoms with E-state index in [1.165, 1.54) is 0 Å². The molecule has 6 heteroatoms. The minimum Gasteiger partial charge on any atom is -0.481 e. The van der Waals surface area contributed by atoms with Crippen molar-refractivity contribution in [2.24, 2.45) is 5.73 Å².